The van der Waals surface area contributed by atoms with E-state index in [4.69, 9.17) is 11.6 Å². The number of imidazole rings is 1. The first kappa shape index (κ1) is 14.0. The summed E-state index contributed by atoms with van der Waals surface area (Å²) in [7, 11) is 0. The Morgan fingerprint density at radius 3 is 2.95 bits per heavy atom. The average Bonchev–Trinajstić information content (AvgIpc) is 2.77. The number of piperidine rings is 1. The number of rotatable bonds is 3. The molecule has 0 aliphatic carbocycles. The number of nitrogens with zero attached hydrogens (tertiary/aromatic N) is 2. The molecule has 1 aliphatic heterocycles. The Labute approximate surface area is 125 Å². The minimum absolute atomic E-state index is 0.256. The van der Waals surface area contributed by atoms with Crippen LogP contribution in [0.4, 0.5) is 4.39 Å². The number of aromatic nitrogens is 2. The van der Waals surface area contributed by atoms with Crippen LogP contribution in [0.25, 0.3) is 11.0 Å². The minimum atomic E-state index is -0.562. The van der Waals surface area contributed by atoms with Gasteiger partial charge in [-0.25, -0.2) is 9.37 Å². The highest BCUT2D eigenvalue weighted by Gasteiger charge is 2.30. The lowest BCUT2D eigenvalue weighted by Crippen LogP contribution is -2.42. The fraction of sp³-hybridized carbons (Fsp3) is 0.357. The largest absolute Gasteiger partial charge is 0.315 e. The Morgan fingerprint density at radius 2 is 2.24 bits per heavy atom. The van der Waals surface area contributed by atoms with Crippen LogP contribution in [0.5, 0.6) is 0 Å². The first-order valence-electron chi connectivity index (χ1n) is 6.66. The fourth-order valence-electron chi connectivity index (χ4n) is 2.65. The second kappa shape index (κ2) is 5.44. The number of alkyl halides is 1. The van der Waals surface area contributed by atoms with E-state index < -0.39 is 11.9 Å². The number of hydrogen-bond donors (Lipinski definition) is 1. The number of fused-ring (bicyclic) bond motifs is 1. The maximum atomic E-state index is 13.5. The molecule has 1 aromatic carbocycles. The van der Waals surface area contributed by atoms with Crippen molar-refractivity contribution in [1.29, 1.82) is 0 Å². The molecule has 1 atom stereocenters. The predicted molar refractivity (Wildman–Crippen MR) is 75.5 cm³/mol. The van der Waals surface area contributed by atoms with Crippen LogP contribution in [0.3, 0.4) is 0 Å². The monoisotopic (exact) mass is 309 g/mol. The van der Waals surface area contributed by atoms with E-state index in [-0.39, 0.29) is 18.2 Å². The Kier molecular flexibility index (Phi) is 3.63. The second-order valence-corrected chi connectivity index (χ2v) is 5.31. The highest BCUT2D eigenvalue weighted by Crippen LogP contribution is 2.27. The molecule has 1 aliphatic rings. The highest BCUT2D eigenvalue weighted by molar-refractivity contribution is 6.18. The number of carbonyl (C=O) groups excluding carboxylic acids is 2. The van der Waals surface area contributed by atoms with Crippen molar-refractivity contribution in [2.24, 2.45) is 0 Å². The maximum Gasteiger partial charge on any atom is 0.249 e. The summed E-state index contributed by atoms with van der Waals surface area (Å²) in [6.45, 7) is 0. The molecule has 1 aromatic heterocycles. The molecule has 0 bridgehead atoms. The number of imide groups is 1. The molecule has 2 amide bonds. The van der Waals surface area contributed by atoms with Crippen LogP contribution in [0.1, 0.15) is 24.7 Å². The summed E-state index contributed by atoms with van der Waals surface area (Å²) in [5.41, 5.74) is 1.16. The van der Waals surface area contributed by atoms with Gasteiger partial charge in [0, 0.05) is 18.7 Å². The van der Waals surface area contributed by atoms with Crippen molar-refractivity contribution in [3.8, 4) is 0 Å². The van der Waals surface area contributed by atoms with E-state index in [1.54, 1.807) is 10.6 Å². The van der Waals surface area contributed by atoms with Gasteiger partial charge in [0.1, 0.15) is 17.7 Å². The van der Waals surface area contributed by atoms with E-state index in [2.05, 4.69) is 10.3 Å². The lowest BCUT2D eigenvalue weighted by atomic mass is 10.1. The van der Waals surface area contributed by atoms with Crippen LogP contribution in [-0.2, 0) is 16.0 Å². The molecule has 7 heteroatoms. The Hall–Kier alpha value is -1.95. The van der Waals surface area contributed by atoms with Gasteiger partial charge in [-0.05, 0) is 24.6 Å². The Morgan fingerprint density at radius 1 is 1.43 bits per heavy atom. The number of benzene rings is 1. The molecule has 0 saturated carbocycles. The third-order valence-corrected chi connectivity index (χ3v) is 3.75. The first-order valence-corrected chi connectivity index (χ1v) is 7.19. The number of nitrogens with one attached hydrogen (secondary N) is 1. The summed E-state index contributed by atoms with van der Waals surface area (Å²) in [6, 6.07) is 3.69. The topological polar surface area (TPSA) is 64.0 Å². The molecule has 5 nitrogen and oxygen atoms in total. The van der Waals surface area contributed by atoms with Gasteiger partial charge in [0.05, 0.1) is 11.0 Å². The molecule has 110 valence electrons. The summed E-state index contributed by atoms with van der Waals surface area (Å²) in [5, 5.41) is 2.31. The molecule has 3 rings (SSSR count). The zero-order valence-corrected chi connectivity index (χ0v) is 11.9. The van der Waals surface area contributed by atoms with Crippen LogP contribution < -0.4 is 5.32 Å². The lowest BCUT2D eigenvalue weighted by Gasteiger charge is -2.24. The summed E-state index contributed by atoms with van der Waals surface area (Å²) in [4.78, 5) is 27.8. The summed E-state index contributed by atoms with van der Waals surface area (Å²) < 4.78 is 15.2. The smallest absolute Gasteiger partial charge is 0.249 e. The van der Waals surface area contributed by atoms with Gasteiger partial charge in [-0.3, -0.25) is 14.9 Å². The van der Waals surface area contributed by atoms with Crippen molar-refractivity contribution < 1.29 is 14.0 Å². The van der Waals surface area contributed by atoms with Crippen molar-refractivity contribution in [3.05, 3.63) is 29.8 Å². The molecule has 21 heavy (non-hydrogen) atoms. The van der Waals surface area contributed by atoms with Crippen molar-refractivity contribution >= 4 is 34.4 Å². The van der Waals surface area contributed by atoms with Crippen LogP contribution in [0, 0.1) is 5.82 Å². The highest BCUT2D eigenvalue weighted by atomic mass is 35.5. The number of aryl methyl sites for hydroxylation is 1. The van der Waals surface area contributed by atoms with Gasteiger partial charge in [0.2, 0.25) is 11.8 Å². The van der Waals surface area contributed by atoms with Gasteiger partial charge in [-0.15, -0.1) is 11.6 Å². The van der Waals surface area contributed by atoms with Gasteiger partial charge in [0.15, 0.2) is 0 Å². The van der Waals surface area contributed by atoms with Gasteiger partial charge < -0.3 is 4.57 Å². The standard InChI is InChI=1S/C14H13ClFN3O2/c15-6-5-12-17-9-2-1-8(16)7-11(9)19(12)10-3-4-13(20)18-14(10)21/h1-2,7,10H,3-6H2,(H,18,20,21). The van der Waals surface area contributed by atoms with E-state index in [9.17, 15) is 14.0 Å². The molecule has 1 unspecified atom stereocenters. The zero-order valence-electron chi connectivity index (χ0n) is 11.1. The van der Waals surface area contributed by atoms with Crippen molar-refractivity contribution in [1.82, 2.24) is 14.9 Å². The average molecular weight is 310 g/mol. The van der Waals surface area contributed by atoms with E-state index >= 15 is 0 Å². The molecule has 0 radical (unpaired) electrons. The zero-order chi connectivity index (χ0) is 15.0. The Bertz CT molecular complexity index is 728. The summed E-state index contributed by atoms with van der Waals surface area (Å²) in [5.74, 6) is -0.0937. The van der Waals surface area contributed by atoms with Crippen LogP contribution in [0.2, 0.25) is 0 Å². The molecule has 2 aromatic rings. The Balaban J connectivity index is 2.14. The van der Waals surface area contributed by atoms with Gasteiger partial charge in [-0.1, -0.05) is 0 Å². The predicted octanol–water partition coefficient (Wildman–Crippen LogP) is 1.93. The number of amides is 2. The molecule has 1 fully saturated rings. The number of hydrogen-bond acceptors (Lipinski definition) is 3. The molecule has 0 spiro atoms. The summed E-state index contributed by atoms with van der Waals surface area (Å²) in [6.07, 6.45) is 1.10. The van der Waals surface area contributed by atoms with Gasteiger partial charge in [-0.2, -0.15) is 0 Å². The fourth-order valence-corrected chi connectivity index (χ4v) is 2.82. The van der Waals surface area contributed by atoms with E-state index in [1.165, 1.54) is 12.1 Å². The van der Waals surface area contributed by atoms with Gasteiger partial charge >= 0.3 is 0 Å². The SMILES string of the molecule is O=C1CCC(n2c(CCCl)nc3ccc(F)cc32)C(=O)N1. The quantitative estimate of drug-likeness (QED) is 0.696. The maximum absolute atomic E-state index is 13.5. The third-order valence-electron chi connectivity index (χ3n) is 3.56. The summed E-state index contributed by atoms with van der Waals surface area (Å²) >= 11 is 5.78. The third kappa shape index (κ3) is 2.51. The molecular formula is C14H13ClFN3O2. The van der Waals surface area contributed by atoms with Crippen molar-refractivity contribution in [2.75, 3.05) is 5.88 Å². The van der Waals surface area contributed by atoms with Gasteiger partial charge in [0.25, 0.3) is 0 Å². The first-order chi connectivity index (χ1) is 10.1. The molecular weight excluding hydrogens is 297 g/mol. The van der Waals surface area contributed by atoms with Crippen molar-refractivity contribution in [3.63, 3.8) is 0 Å². The van der Waals surface area contributed by atoms with E-state index in [0.717, 1.165) is 0 Å². The van der Waals surface area contributed by atoms with E-state index in [1.807, 2.05) is 0 Å². The van der Waals surface area contributed by atoms with Crippen LogP contribution >= 0.6 is 11.6 Å². The molecule has 1 saturated heterocycles. The minimum Gasteiger partial charge on any atom is -0.315 e. The molecule has 1 N–H and O–H groups in total. The van der Waals surface area contributed by atoms with Crippen molar-refractivity contribution in [2.45, 2.75) is 25.3 Å². The lowest BCUT2D eigenvalue weighted by molar-refractivity contribution is -0.135. The number of halogens is 2. The molecule has 2 heterocycles. The number of carbonyl (C=O) groups is 2. The van der Waals surface area contributed by atoms with Crippen LogP contribution in [0.15, 0.2) is 18.2 Å². The second-order valence-electron chi connectivity index (χ2n) is 4.94. The normalized spacial score (nSPS) is 19.0. The van der Waals surface area contributed by atoms with E-state index in [0.29, 0.717) is 35.6 Å². The van der Waals surface area contributed by atoms with Crippen LogP contribution in [-0.4, -0.2) is 27.2 Å².